The van der Waals surface area contributed by atoms with Crippen LogP contribution < -0.4 is 11.1 Å². The second-order valence-electron chi connectivity index (χ2n) is 4.18. The van der Waals surface area contributed by atoms with Gasteiger partial charge in [-0.2, -0.15) is 5.26 Å². The molecule has 1 aliphatic carbocycles. The molecule has 2 rings (SSSR count). The highest BCUT2D eigenvalue weighted by molar-refractivity contribution is 6.30. The molecule has 1 aromatic carbocycles. The summed E-state index contributed by atoms with van der Waals surface area (Å²) in [6, 6.07) is 7.55. The second kappa shape index (κ2) is 4.73. The largest absolute Gasteiger partial charge is 0.382 e. The molecule has 3 N–H and O–H groups in total. The number of halogens is 1. The molecule has 1 saturated carbocycles. The number of nitrogens with zero attached hydrogens (tertiary/aromatic N) is 1. The molecule has 0 amide bonds. The molecule has 84 valence electrons. The van der Waals surface area contributed by atoms with E-state index in [1.54, 1.807) is 12.1 Å². The fourth-order valence-corrected chi connectivity index (χ4v) is 1.85. The molecule has 4 heteroatoms. The lowest BCUT2D eigenvalue weighted by Crippen LogP contribution is -2.31. The molecule has 0 radical (unpaired) electrons. The molecule has 0 heterocycles. The van der Waals surface area contributed by atoms with Gasteiger partial charge in [0.2, 0.25) is 0 Å². The lowest BCUT2D eigenvalue weighted by atomic mass is 10.1. The highest BCUT2D eigenvalue weighted by Crippen LogP contribution is 2.31. The Labute approximate surface area is 100 Å². The van der Waals surface area contributed by atoms with Crippen LogP contribution in [0, 0.1) is 17.2 Å². The van der Waals surface area contributed by atoms with Crippen LogP contribution in [0.1, 0.15) is 18.4 Å². The van der Waals surface area contributed by atoms with E-state index in [1.165, 1.54) is 12.8 Å². The molecule has 1 atom stereocenters. The average molecular weight is 236 g/mol. The summed E-state index contributed by atoms with van der Waals surface area (Å²) >= 11 is 5.82. The molecule has 16 heavy (non-hydrogen) atoms. The van der Waals surface area contributed by atoms with Gasteiger partial charge in [0, 0.05) is 17.6 Å². The molecule has 0 spiro atoms. The maximum absolute atomic E-state index is 8.95. The van der Waals surface area contributed by atoms with Crippen LogP contribution >= 0.6 is 11.6 Å². The van der Waals surface area contributed by atoms with Crippen molar-refractivity contribution >= 4 is 17.3 Å². The van der Waals surface area contributed by atoms with Gasteiger partial charge in [0.15, 0.2) is 0 Å². The number of rotatable bonds is 4. The fraction of sp³-hybridized carbons (Fsp3) is 0.417. The van der Waals surface area contributed by atoms with Crippen LogP contribution in [0.25, 0.3) is 0 Å². The molecule has 1 aliphatic rings. The molecule has 0 aromatic heterocycles. The van der Waals surface area contributed by atoms with E-state index in [4.69, 9.17) is 22.6 Å². The minimum absolute atomic E-state index is 0.183. The van der Waals surface area contributed by atoms with Crippen molar-refractivity contribution < 1.29 is 0 Å². The Bertz CT molecular complexity index is 421. The predicted octanol–water partition coefficient (Wildman–Crippen LogP) is 2.36. The molecule has 3 nitrogen and oxygen atoms in total. The van der Waals surface area contributed by atoms with Crippen LogP contribution in [0.5, 0.6) is 0 Å². The molecule has 0 aliphatic heterocycles. The Balaban J connectivity index is 2.00. The summed E-state index contributed by atoms with van der Waals surface area (Å²) in [6.07, 6.45) is 2.46. The Morgan fingerprint density at radius 2 is 2.31 bits per heavy atom. The number of nitriles is 1. The smallest absolute Gasteiger partial charge is 0.101 e. The van der Waals surface area contributed by atoms with Gasteiger partial charge in [0.25, 0.3) is 0 Å². The third kappa shape index (κ3) is 2.66. The number of nitrogens with one attached hydrogen (secondary N) is 1. The third-order valence-corrected chi connectivity index (χ3v) is 3.09. The maximum Gasteiger partial charge on any atom is 0.101 e. The summed E-state index contributed by atoms with van der Waals surface area (Å²) < 4.78 is 0. The lowest BCUT2D eigenvalue weighted by Gasteiger charge is -2.13. The fourth-order valence-electron chi connectivity index (χ4n) is 1.68. The predicted molar refractivity (Wildman–Crippen MR) is 65.4 cm³/mol. The Hall–Kier alpha value is -1.24. The van der Waals surface area contributed by atoms with Gasteiger partial charge in [-0.1, -0.05) is 11.6 Å². The van der Waals surface area contributed by atoms with E-state index in [0.29, 0.717) is 23.0 Å². The molecule has 1 fully saturated rings. The minimum Gasteiger partial charge on any atom is -0.382 e. The summed E-state index contributed by atoms with van der Waals surface area (Å²) in [6.45, 7) is 0.709. The first-order valence-corrected chi connectivity index (χ1v) is 5.77. The zero-order valence-electron chi connectivity index (χ0n) is 8.91. The van der Waals surface area contributed by atoms with E-state index in [1.807, 2.05) is 6.07 Å². The van der Waals surface area contributed by atoms with Gasteiger partial charge in [0.05, 0.1) is 11.3 Å². The van der Waals surface area contributed by atoms with Crippen LogP contribution in [0.3, 0.4) is 0 Å². The normalized spacial score (nSPS) is 16.6. The van der Waals surface area contributed by atoms with E-state index in [9.17, 15) is 0 Å². The summed E-state index contributed by atoms with van der Waals surface area (Å²) in [5.41, 5.74) is 7.35. The van der Waals surface area contributed by atoms with Crippen molar-refractivity contribution in [3.63, 3.8) is 0 Å². The maximum atomic E-state index is 8.95. The van der Waals surface area contributed by atoms with Gasteiger partial charge in [-0.3, -0.25) is 0 Å². The minimum atomic E-state index is 0.183. The van der Waals surface area contributed by atoms with Gasteiger partial charge in [-0.25, -0.2) is 0 Å². The van der Waals surface area contributed by atoms with Crippen molar-refractivity contribution in [1.29, 1.82) is 5.26 Å². The van der Waals surface area contributed by atoms with E-state index < -0.39 is 0 Å². The number of benzene rings is 1. The second-order valence-corrected chi connectivity index (χ2v) is 4.62. The van der Waals surface area contributed by atoms with Crippen molar-refractivity contribution in [3.05, 3.63) is 28.8 Å². The summed E-state index contributed by atoms with van der Waals surface area (Å²) in [4.78, 5) is 0. The highest BCUT2D eigenvalue weighted by atomic mass is 35.5. The van der Waals surface area contributed by atoms with Crippen LogP contribution in [0.4, 0.5) is 5.69 Å². The topological polar surface area (TPSA) is 61.8 Å². The van der Waals surface area contributed by atoms with Crippen LogP contribution in [0.2, 0.25) is 5.02 Å². The zero-order chi connectivity index (χ0) is 11.5. The zero-order valence-corrected chi connectivity index (χ0v) is 9.67. The molecule has 1 aromatic rings. The van der Waals surface area contributed by atoms with Gasteiger partial charge in [0.1, 0.15) is 6.07 Å². The highest BCUT2D eigenvalue weighted by Gasteiger charge is 2.28. The quantitative estimate of drug-likeness (QED) is 0.842. The number of nitrogens with two attached hydrogens (primary N) is 1. The Kier molecular flexibility index (Phi) is 3.33. The van der Waals surface area contributed by atoms with Crippen LogP contribution in [0.15, 0.2) is 18.2 Å². The first kappa shape index (κ1) is 11.3. The molecule has 0 bridgehead atoms. The molecule has 0 saturated heterocycles. The SMILES string of the molecule is N#Cc1cc(Cl)ccc1NCC(N)C1CC1. The van der Waals surface area contributed by atoms with Crippen LogP contribution in [-0.2, 0) is 0 Å². The summed E-state index contributed by atoms with van der Waals surface area (Å²) in [5, 5.41) is 12.7. The van der Waals surface area contributed by atoms with E-state index in [0.717, 1.165) is 5.69 Å². The van der Waals surface area contributed by atoms with Crippen molar-refractivity contribution in [2.75, 3.05) is 11.9 Å². The van der Waals surface area contributed by atoms with Gasteiger partial charge in [-0.15, -0.1) is 0 Å². The average Bonchev–Trinajstić information content (AvgIpc) is 3.10. The van der Waals surface area contributed by atoms with E-state index in [-0.39, 0.29) is 6.04 Å². The molecular formula is C12H14ClN3. The van der Waals surface area contributed by atoms with E-state index in [2.05, 4.69) is 11.4 Å². The Morgan fingerprint density at radius 1 is 1.56 bits per heavy atom. The van der Waals surface area contributed by atoms with Crippen molar-refractivity contribution in [3.8, 4) is 6.07 Å². The summed E-state index contributed by atoms with van der Waals surface area (Å²) in [7, 11) is 0. The molecular weight excluding hydrogens is 222 g/mol. The van der Waals surface area contributed by atoms with Gasteiger partial charge >= 0.3 is 0 Å². The van der Waals surface area contributed by atoms with Crippen molar-refractivity contribution in [1.82, 2.24) is 0 Å². The number of hydrogen-bond acceptors (Lipinski definition) is 3. The summed E-state index contributed by atoms with van der Waals surface area (Å²) in [5.74, 6) is 0.658. The molecule has 1 unspecified atom stereocenters. The number of anilines is 1. The Morgan fingerprint density at radius 3 is 2.94 bits per heavy atom. The van der Waals surface area contributed by atoms with Crippen LogP contribution in [-0.4, -0.2) is 12.6 Å². The van der Waals surface area contributed by atoms with Gasteiger partial charge < -0.3 is 11.1 Å². The van der Waals surface area contributed by atoms with E-state index >= 15 is 0 Å². The first-order chi connectivity index (χ1) is 7.70. The standard InChI is InChI=1S/C12H14ClN3/c13-10-3-4-12(9(5-10)6-14)16-7-11(15)8-1-2-8/h3-5,8,11,16H,1-2,7,15H2. The number of hydrogen-bond donors (Lipinski definition) is 2. The monoisotopic (exact) mass is 235 g/mol. The van der Waals surface area contributed by atoms with Crippen molar-refractivity contribution in [2.24, 2.45) is 11.7 Å². The van der Waals surface area contributed by atoms with Crippen molar-refractivity contribution in [2.45, 2.75) is 18.9 Å². The first-order valence-electron chi connectivity index (χ1n) is 5.40. The van der Waals surface area contributed by atoms with Gasteiger partial charge in [-0.05, 0) is 37.0 Å². The third-order valence-electron chi connectivity index (χ3n) is 2.86. The lowest BCUT2D eigenvalue weighted by molar-refractivity contribution is 0.621.